The van der Waals surface area contributed by atoms with Crippen LogP contribution in [0.15, 0.2) is 0 Å². The van der Waals surface area contributed by atoms with E-state index in [1.54, 1.807) is 0 Å². The Hall–Kier alpha value is -0.0800. The third kappa shape index (κ3) is 6.39. The molecule has 0 aromatic heterocycles. The third-order valence-corrected chi connectivity index (χ3v) is 2.66. The fourth-order valence-corrected chi connectivity index (χ4v) is 1.40. The molecule has 2 heteroatoms. The van der Waals surface area contributed by atoms with Gasteiger partial charge in [-0.1, -0.05) is 20.8 Å². The summed E-state index contributed by atoms with van der Waals surface area (Å²) in [5.74, 6) is 0. The minimum Gasteiger partial charge on any atom is -0.313 e. The molecule has 2 nitrogen and oxygen atoms in total. The molecular weight excluding hydrogens is 172 g/mol. The molecule has 0 aromatic carbocycles. The zero-order valence-electron chi connectivity index (χ0n) is 10.2. The number of rotatable bonds is 6. The molecule has 0 bridgehead atoms. The van der Waals surface area contributed by atoms with Crippen LogP contribution in [0.1, 0.15) is 47.0 Å². The van der Waals surface area contributed by atoms with Gasteiger partial charge in [0.15, 0.2) is 0 Å². The molecule has 0 amide bonds. The average Bonchev–Trinajstić information content (AvgIpc) is 2.81. The molecule has 1 saturated carbocycles. The van der Waals surface area contributed by atoms with E-state index in [0.717, 1.165) is 19.1 Å². The van der Waals surface area contributed by atoms with E-state index >= 15 is 0 Å². The Bertz CT molecular complexity index is 156. The Morgan fingerprint density at radius 1 is 1.29 bits per heavy atom. The van der Waals surface area contributed by atoms with Gasteiger partial charge in [-0.05, 0) is 38.1 Å². The third-order valence-electron chi connectivity index (χ3n) is 2.66. The maximum Gasteiger partial charge on any atom is 0.0164 e. The van der Waals surface area contributed by atoms with Gasteiger partial charge in [-0.25, -0.2) is 0 Å². The Labute approximate surface area is 88.8 Å². The van der Waals surface area contributed by atoms with Crippen molar-refractivity contribution in [1.29, 1.82) is 0 Å². The van der Waals surface area contributed by atoms with Crippen molar-refractivity contribution in [3.05, 3.63) is 0 Å². The lowest BCUT2D eigenvalue weighted by molar-refractivity contribution is 0.354. The van der Waals surface area contributed by atoms with Crippen LogP contribution < -0.4 is 10.6 Å². The first-order valence-corrected chi connectivity index (χ1v) is 5.94. The van der Waals surface area contributed by atoms with Gasteiger partial charge < -0.3 is 10.6 Å². The standard InChI is InChI=1S/C12H26N2/c1-10(9-14-11-5-6-11)13-8-7-12(2,3)4/h10-11,13-14H,5-9H2,1-4H3. The highest BCUT2D eigenvalue weighted by molar-refractivity contribution is 4.82. The van der Waals surface area contributed by atoms with Gasteiger partial charge in [-0.15, -0.1) is 0 Å². The van der Waals surface area contributed by atoms with Crippen LogP contribution in [0.2, 0.25) is 0 Å². The normalized spacial score (nSPS) is 19.7. The lowest BCUT2D eigenvalue weighted by Crippen LogP contribution is -2.38. The summed E-state index contributed by atoms with van der Waals surface area (Å²) in [4.78, 5) is 0. The molecule has 0 saturated heterocycles. The molecule has 1 fully saturated rings. The lowest BCUT2D eigenvalue weighted by atomic mass is 9.92. The molecular formula is C12H26N2. The fraction of sp³-hybridized carbons (Fsp3) is 1.00. The second-order valence-electron chi connectivity index (χ2n) is 5.85. The average molecular weight is 198 g/mol. The quantitative estimate of drug-likeness (QED) is 0.683. The van der Waals surface area contributed by atoms with Crippen molar-refractivity contribution in [2.24, 2.45) is 5.41 Å². The molecule has 1 rings (SSSR count). The molecule has 2 N–H and O–H groups in total. The summed E-state index contributed by atoms with van der Waals surface area (Å²) in [5, 5.41) is 7.10. The maximum atomic E-state index is 3.56. The second-order valence-corrected chi connectivity index (χ2v) is 5.85. The van der Waals surface area contributed by atoms with Gasteiger partial charge in [-0.2, -0.15) is 0 Å². The largest absolute Gasteiger partial charge is 0.313 e. The summed E-state index contributed by atoms with van der Waals surface area (Å²) in [6, 6.07) is 1.44. The minimum atomic E-state index is 0.455. The van der Waals surface area contributed by atoms with Crippen LogP contribution in [-0.4, -0.2) is 25.2 Å². The molecule has 1 unspecified atom stereocenters. The van der Waals surface area contributed by atoms with Crippen LogP contribution in [0.5, 0.6) is 0 Å². The molecule has 14 heavy (non-hydrogen) atoms. The summed E-state index contributed by atoms with van der Waals surface area (Å²) in [6.45, 7) is 11.4. The van der Waals surface area contributed by atoms with Gasteiger partial charge in [0.05, 0.1) is 0 Å². The van der Waals surface area contributed by atoms with Gasteiger partial charge in [0.25, 0.3) is 0 Å². The fourth-order valence-electron chi connectivity index (χ4n) is 1.40. The maximum absolute atomic E-state index is 3.56. The highest BCUT2D eigenvalue weighted by Crippen LogP contribution is 2.18. The molecule has 1 atom stereocenters. The number of hydrogen-bond acceptors (Lipinski definition) is 2. The highest BCUT2D eigenvalue weighted by Gasteiger charge is 2.20. The van der Waals surface area contributed by atoms with Crippen LogP contribution in [0.25, 0.3) is 0 Å². The van der Waals surface area contributed by atoms with Crippen LogP contribution in [0.4, 0.5) is 0 Å². The van der Waals surface area contributed by atoms with E-state index in [9.17, 15) is 0 Å². The van der Waals surface area contributed by atoms with Crippen molar-refractivity contribution in [3.63, 3.8) is 0 Å². The molecule has 1 aliphatic rings. The van der Waals surface area contributed by atoms with Gasteiger partial charge in [0.2, 0.25) is 0 Å². The minimum absolute atomic E-state index is 0.455. The van der Waals surface area contributed by atoms with Crippen molar-refractivity contribution >= 4 is 0 Å². The van der Waals surface area contributed by atoms with Crippen LogP contribution in [0, 0.1) is 5.41 Å². The van der Waals surface area contributed by atoms with E-state index in [1.807, 2.05) is 0 Å². The monoisotopic (exact) mass is 198 g/mol. The number of nitrogens with one attached hydrogen (secondary N) is 2. The molecule has 1 aliphatic carbocycles. The zero-order chi connectivity index (χ0) is 10.6. The smallest absolute Gasteiger partial charge is 0.0164 e. The first kappa shape index (κ1) is 12.0. The summed E-state index contributed by atoms with van der Waals surface area (Å²) < 4.78 is 0. The molecule has 84 valence electrons. The SMILES string of the molecule is CC(CNC1CC1)NCCC(C)(C)C. The molecule has 0 heterocycles. The van der Waals surface area contributed by atoms with E-state index in [4.69, 9.17) is 0 Å². The van der Waals surface area contributed by atoms with Crippen molar-refractivity contribution < 1.29 is 0 Å². The van der Waals surface area contributed by atoms with Crippen molar-refractivity contribution in [1.82, 2.24) is 10.6 Å². The van der Waals surface area contributed by atoms with E-state index in [-0.39, 0.29) is 0 Å². The number of hydrogen-bond donors (Lipinski definition) is 2. The highest BCUT2D eigenvalue weighted by atomic mass is 15.0. The lowest BCUT2D eigenvalue weighted by Gasteiger charge is -2.20. The van der Waals surface area contributed by atoms with Crippen LogP contribution in [-0.2, 0) is 0 Å². The van der Waals surface area contributed by atoms with Gasteiger partial charge in [0.1, 0.15) is 0 Å². The summed E-state index contributed by atoms with van der Waals surface area (Å²) >= 11 is 0. The van der Waals surface area contributed by atoms with Crippen molar-refractivity contribution in [3.8, 4) is 0 Å². The molecule has 0 radical (unpaired) electrons. The predicted octanol–water partition coefficient (Wildman–Crippen LogP) is 2.15. The Morgan fingerprint density at radius 2 is 1.93 bits per heavy atom. The predicted molar refractivity (Wildman–Crippen MR) is 62.6 cm³/mol. The topological polar surface area (TPSA) is 24.1 Å². The van der Waals surface area contributed by atoms with Gasteiger partial charge in [0, 0.05) is 18.6 Å². The van der Waals surface area contributed by atoms with Crippen LogP contribution in [0.3, 0.4) is 0 Å². The molecule has 0 aromatic rings. The van der Waals surface area contributed by atoms with Gasteiger partial charge in [-0.3, -0.25) is 0 Å². The summed E-state index contributed by atoms with van der Waals surface area (Å²) in [5.41, 5.74) is 0.455. The van der Waals surface area contributed by atoms with Crippen molar-refractivity contribution in [2.75, 3.05) is 13.1 Å². The van der Waals surface area contributed by atoms with Crippen LogP contribution >= 0.6 is 0 Å². The zero-order valence-corrected chi connectivity index (χ0v) is 10.2. The van der Waals surface area contributed by atoms with Crippen molar-refractivity contribution in [2.45, 2.75) is 59.0 Å². The van der Waals surface area contributed by atoms with E-state index in [2.05, 4.69) is 38.3 Å². The molecule has 0 spiro atoms. The first-order chi connectivity index (χ1) is 6.47. The second kappa shape index (κ2) is 5.13. The molecule has 0 aliphatic heterocycles. The van der Waals surface area contributed by atoms with E-state index in [1.165, 1.54) is 19.3 Å². The first-order valence-electron chi connectivity index (χ1n) is 5.94. The summed E-state index contributed by atoms with van der Waals surface area (Å²) in [7, 11) is 0. The Kier molecular flexibility index (Phi) is 4.39. The van der Waals surface area contributed by atoms with E-state index < -0.39 is 0 Å². The Morgan fingerprint density at radius 3 is 2.43 bits per heavy atom. The Balaban J connectivity index is 1.93. The van der Waals surface area contributed by atoms with Gasteiger partial charge >= 0.3 is 0 Å². The summed E-state index contributed by atoms with van der Waals surface area (Å²) in [6.07, 6.45) is 4.02. The van der Waals surface area contributed by atoms with E-state index in [0.29, 0.717) is 11.5 Å².